The van der Waals surface area contributed by atoms with Crippen LogP contribution >= 0.6 is 0 Å². The van der Waals surface area contributed by atoms with Crippen molar-refractivity contribution in [3.63, 3.8) is 0 Å². The minimum Gasteiger partial charge on any atom is -0.481 e. The quantitative estimate of drug-likeness (QED) is 0.650. The van der Waals surface area contributed by atoms with Gasteiger partial charge in [0.05, 0.1) is 5.41 Å². The summed E-state index contributed by atoms with van der Waals surface area (Å²) in [7, 11) is 0. The largest absolute Gasteiger partial charge is 0.481 e. The van der Waals surface area contributed by atoms with E-state index in [1.165, 1.54) is 25.7 Å². The van der Waals surface area contributed by atoms with E-state index in [2.05, 4.69) is 6.92 Å². The third-order valence-electron chi connectivity index (χ3n) is 3.91. The van der Waals surface area contributed by atoms with Gasteiger partial charge in [-0.05, 0) is 18.9 Å². The number of carbonyl (C=O) groups is 1. The van der Waals surface area contributed by atoms with Crippen LogP contribution in [-0.4, -0.2) is 11.1 Å². The number of carboxylic acid groups (broad SMARTS) is 1. The molecular formula is C17H26O2. The molecule has 0 amide bonds. The van der Waals surface area contributed by atoms with Crippen LogP contribution < -0.4 is 0 Å². The van der Waals surface area contributed by atoms with Crippen molar-refractivity contribution in [1.29, 1.82) is 0 Å². The fourth-order valence-electron chi connectivity index (χ4n) is 2.44. The second kappa shape index (κ2) is 7.98. The molecule has 2 heteroatoms. The smallest absolute Gasteiger partial charge is 0.313 e. The zero-order valence-corrected chi connectivity index (χ0v) is 12.2. The minimum absolute atomic E-state index is 0.716. The molecule has 0 aliphatic carbocycles. The van der Waals surface area contributed by atoms with Gasteiger partial charge in [0.2, 0.25) is 0 Å². The Morgan fingerprint density at radius 3 is 2.21 bits per heavy atom. The van der Waals surface area contributed by atoms with E-state index >= 15 is 0 Å². The van der Waals surface area contributed by atoms with Crippen LogP contribution in [0.5, 0.6) is 0 Å². The van der Waals surface area contributed by atoms with Crippen LogP contribution in [0.1, 0.15) is 64.4 Å². The fraction of sp³-hybridized carbons (Fsp3) is 0.588. The third-order valence-corrected chi connectivity index (χ3v) is 3.91. The van der Waals surface area contributed by atoms with E-state index in [1.54, 1.807) is 0 Å². The van der Waals surface area contributed by atoms with E-state index in [0.29, 0.717) is 0 Å². The van der Waals surface area contributed by atoms with Crippen molar-refractivity contribution in [2.24, 2.45) is 0 Å². The molecule has 1 unspecified atom stereocenters. The molecule has 0 bridgehead atoms. The molecular weight excluding hydrogens is 236 g/mol. The van der Waals surface area contributed by atoms with Gasteiger partial charge in [-0.25, -0.2) is 0 Å². The zero-order valence-electron chi connectivity index (χ0n) is 12.2. The van der Waals surface area contributed by atoms with Gasteiger partial charge in [-0.2, -0.15) is 0 Å². The second-order valence-electron chi connectivity index (χ2n) is 5.52. The molecule has 1 aromatic rings. The predicted molar refractivity (Wildman–Crippen MR) is 79.4 cm³/mol. The first kappa shape index (κ1) is 15.7. The molecule has 1 aromatic carbocycles. The molecule has 0 aliphatic rings. The molecule has 1 N–H and O–H groups in total. The van der Waals surface area contributed by atoms with Gasteiger partial charge in [0.15, 0.2) is 0 Å². The first-order chi connectivity index (χ1) is 9.11. The van der Waals surface area contributed by atoms with Crippen molar-refractivity contribution in [2.75, 3.05) is 0 Å². The SMILES string of the molecule is CCCCCCCCC(C)(C(=O)O)c1ccccc1. The molecule has 0 aliphatic heterocycles. The summed E-state index contributed by atoms with van der Waals surface area (Å²) < 4.78 is 0. The van der Waals surface area contributed by atoms with Gasteiger partial charge in [-0.3, -0.25) is 4.79 Å². The molecule has 0 saturated heterocycles. The minimum atomic E-state index is -0.744. The molecule has 2 nitrogen and oxygen atoms in total. The maximum atomic E-state index is 11.6. The molecule has 0 radical (unpaired) electrons. The summed E-state index contributed by atoms with van der Waals surface area (Å²) in [6.07, 6.45) is 7.87. The molecule has 0 saturated carbocycles. The van der Waals surface area contributed by atoms with E-state index in [9.17, 15) is 9.90 Å². The Balaban J connectivity index is 2.52. The van der Waals surface area contributed by atoms with Crippen LogP contribution in [0.15, 0.2) is 30.3 Å². The Kier molecular flexibility index (Phi) is 6.61. The number of aliphatic carboxylic acids is 1. The van der Waals surface area contributed by atoms with Gasteiger partial charge in [0.25, 0.3) is 0 Å². The Bertz CT molecular complexity index is 372. The first-order valence-electron chi connectivity index (χ1n) is 7.40. The highest BCUT2D eigenvalue weighted by Crippen LogP contribution is 2.30. The number of rotatable bonds is 9. The zero-order chi connectivity index (χ0) is 14.1. The van der Waals surface area contributed by atoms with Crippen molar-refractivity contribution in [2.45, 2.75) is 64.2 Å². The highest BCUT2D eigenvalue weighted by molar-refractivity contribution is 5.80. The Morgan fingerprint density at radius 1 is 1.05 bits per heavy atom. The Labute approximate surface area is 116 Å². The number of hydrogen-bond donors (Lipinski definition) is 1. The molecule has 0 fully saturated rings. The average molecular weight is 262 g/mol. The van der Waals surface area contributed by atoms with Crippen molar-refractivity contribution in [3.05, 3.63) is 35.9 Å². The lowest BCUT2D eigenvalue weighted by Gasteiger charge is -2.25. The first-order valence-corrected chi connectivity index (χ1v) is 7.40. The van der Waals surface area contributed by atoms with E-state index in [0.717, 1.165) is 24.8 Å². The van der Waals surface area contributed by atoms with E-state index < -0.39 is 11.4 Å². The summed E-state index contributed by atoms with van der Waals surface area (Å²) in [5.41, 5.74) is 0.169. The summed E-state index contributed by atoms with van der Waals surface area (Å²) in [5.74, 6) is -0.716. The van der Waals surface area contributed by atoms with E-state index in [4.69, 9.17) is 0 Å². The molecule has 1 rings (SSSR count). The van der Waals surface area contributed by atoms with Crippen molar-refractivity contribution < 1.29 is 9.90 Å². The highest BCUT2D eigenvalue weighted by atomic mass is 16.4. The molecule has 106 valence electrons. The van der Waals surface area contributed by atoms with Gasteiger partial charge in [-0.1, -0.05) is 75.8 Å². The van der Waals surface area contributed by atoms with Crippen LogP contribution in [0, 0.1) is 0 Å². The van der Waals surface area contributed by atoms with Crippen molar-refractivity contribution >= 4 is 5.97 Å². The van der Waals surface area contributed by atoms with Gasteiger partial charge < -0.3 is 5.11 Å². The molecule has 0 heterocycles. The molecule has 0 aromatic heterocycles. The van der Waals surface area contributed by atoms with E-state index in [-0.39, 0.29) is 0 Å². The van der Waals surface area contributed by atoms with Gasteiger partial charge in [0, 0.05) is 0 Å². The molecule has 1 atom stereocenters. The van der Waals surface area contributed by atoms with Crippen molar-refractivity contribution in [1.82, 2.24) is 0 Å². The summed E-state index contributed by atoms with van der Waals surface area (Å²) in [6, 6.07) is 9.60. The summed E-state index contributed by atoms with van der Waals surface area (Å²) in [5, 5.41) is 9.53. The van der Waals surface area contributed by atoms with Crippen molar-refractivity contribution in [3.8, 4) is 0 Å². The lowest BCUT2D eigenvalue weighted by Crippen LogP contribution is -2.32. The number of unbranched alkanes of at least 4 members (excludes halogenated alkanes) is 5. The summed E-state index contributed by atoms with van der Waals surface area (Å²) >= 11 is 0. The molecule has 0 spiro atoms. The monoisotopic (exact) mass is 262 g/mol. The Hall–Kier alpha value is -1.31. The highest BCUT2D eigenvalue weighted by Gasteiger charge is 2.34. The summed E-state index contributed by atoms with van der Waals surface area (Å²) in [4.78, 5) is 11.6. The normalized spacial score (nSPS) is 14.0. The van der Waals surface area contributed by atoms with E-state index in [1.807, 2.05) is 37.3 Å². The lowest BCUT2D eigenvalue weighted by molar-refractivity contribution is -0.143. The second-order valence-corrected chi connectivity index (χ2v) is 5.52. The van der Waals surface area contributed by atoms with Crippen LogP contribution in [0.2, 0.25) is 0 Å². The molecule has 19 heavy (non-hydrogen) atoms. The van der Waals surface area contributed by atoms with Gasteiger partial charge >= 0.3 is 5.97 Å². The average Bonchev–Trinajstić information content (AvgIpc) is 2.43. The number of carboxylic acids is 1. The maximum Gasteiger partial charge on any atom is 0.313 e. The lowest BCUT2D eigenvalue weighted by atomic mass is 9.78. The van der Waals surface area contributed by atoms with Crippen LogP contribution in [0.3, 0.4) is 0 Å². The topological polar surface area (TPSA) is 37.3 Å². The number of hydrogen-bond acceptors (Lipinski definition) is 1. The van der Waals surface area contributed by atoms with Gasteiger partial charge in [-0.15, -0.1) is 0 Å². The van der Waals surface area contributed by atoms with Gasteiger partial charge in [0.1, 0.15) is 0 Å². The van der Waals surface area contributed by atoms with Crippen LogP contribution in [-0.2, 0) is 10.2 Å². The predicted octanol–water partition coefficient (Wildman–Crippen LogP) is 4.78. The van der Waals surface area contributed by atoms with Crippen LogP contribution in [0.4, 0.5) is 0 Å². The standard InChI is InChI=1S/C17H26O2/c1-3-4-5-6-7-11-14-17(2,16(18)19)15-12-9-8-10-13-15/h8-10,12-13H,3-7,11,14H2,1-2H3,(H,18,19). The fourth-order valence-corrected chi connectivity index (χ4v) is 2.44. The third kappa shape index (κ3) is 4.70. The summed E-state index contributed by atoms with van der Waals surface area (Å²) in [6.45, 7) is 4.05. The number of benzene rings is 1. The van der Waals surface area contributed by atoms with Crippen LogP contribution in [0.25, 0.3) is 0 Å². The Morgan fingerprint density at radius 2 is 1.63 bits per heavy atom. The maximum absolute atomic E-state index is 11.6.